The minimum Gasteiger partial charge on any atom is -0.376 e. The van der Waals surface area contributed by atoms with Crippen LogP contribution in [0.5, 0.6) is 0 Å². The zero-order valence-electron chi connectivity index (χ0n) is 10.2. The molecule has 2 aromatic rings. The summed E-state index contributed by atoms with van der Waals surface area (Å²) < 4.78 is 27.2. The highest BCUT2D eigenvalue weighted by molar-refractivity contribution is 5.46. The van der Waals surface area contributed by atoms with Crippen molar-refractivity contribution in [3.8, 4) is 0 Å². The molecule has 1 unspecified atom stereocenters. The predicted molar refractivity (Wildman–Crippen MR) is 69.5 cm³/mol. The zero-order valence-corrected chi connectivity index (χ0v) is 10.2. The van der Waals surface area contributed by atoms with E-state index >= 15 is 0 Å². The number of para-hydroxylation sites is 1. The molecule has 0 radical (unpaired) electrons. The van der Waals surface area contributed by atoms with Crippen molar-refractivity contribution < 1.29 is 8.78 Å². The number of hydrogen-bond donors (Lipinski definition) is 1. The number of benzene rings is 2. The van der Waals surface area contributed by atoms with Gasteiger partial charge in [0, 0.05) is 5.56 Å². The van der Waals surface area contributed by atoms with Crippen molar-refractivity contribution in [2.24, 2.45) is 0 Å². The van der Waals surface area contributed by atoms with Crippen LogP contribution in [-0.4, -0.2) is 0 Å². The van der Waals surface area contributed by atoms with Crippen molar-refractivity contribution in [2.75, 3.05) is 5.32 Å². The van der Waals surface area contributed by atoms with Crippen LogP contribution in [0.3, 0.4) is 0 Å². The summed E-state index contributed by atoms with van der Waals surface area (Å²) >= 11 is 0. The fourth-order valence-corrected chi connectivity index (χ4v) is 1.92. The Morgan fingerprint density at radius 3 is 2.17 bits per heavy atom. The van der Waals surface area contributed by atoms with E-state index in [1.807, 2.05) is 6.92 Å². The first-order valence-corrected chi connectivity index (χ1v) is 5.98. The van der Waals surface area contributed by atoms with Gasteiger partial charge in [0.1, 0.15) is 11.6 Å². The van der Waals surface area contributed by atoms with Gasteiger partial charge in [0.25, 0.3) is 0 Å². The molecule has 0 fully saturated rings. The van der Waals surface area contributed by atoms with Crippen molar-refractivity contribution in [3.63, 3.8) is 0 Å². The average Bonchev–Trinajstić information content (AvgIpc) is 2.39. The molecule has 1 atom stereocenters. The summed E-state index contributed by atoms with van der Waals surface area (Å²) in [6.45, 7) is 1.94. The Bertz CT molecular complexity index is 525. The summed E-state index contributed by atoms with van der Waals surface area (Å²) in [4.78, 5) is 0. The van der Waals surface area contributed by atoms with Gasteiger partial charge in [-0.05, 0) is 24.6 Å². The molecule has 94 valence electrons. The molecule has 0 spiro atoms. The van der Waals surface area contributed by atoms with Gasteiger partial charge in [0.15, 0.2) is 0 Å². The van der Waals surface area contributed by atoms with E-state index in [-0.39, 0.29) is 17.7 Å². The maximum absolute atomic E-state index is 13.7. The highest BCUT2D eigenvalue weighted by atomic mass is 19.1. The summed E-state index contributed by atoms with van der Waals surface area (Å²) in [6.07, 6.45) is 0.676. The standard InChI is InChI=1S/C15H15F2N/c1-2-14(11-7-3-4-8-12(11)16)18-15-10-6-5-9-13(15)17/h3-10,14,18H,2H2,1H3. The lowest BCUT2D eigenvalue weighted by atomic mass is 10.0. The molecule has 2 rings (SSSR count). The van der Waals surface area contributed by atoms with E-state index in [0.29, 0.717) is 17.7 Å². The lowest BCUT2D eigenvalue weighted by Crippen LogP contribution is -2.12. The quantitative estimate of drug-likeness (QED) is 0.837. The Kier molecular flexibility index (Phi) is 3.92. The molecular formula is C15H15F2N. The first-order chi connectivity index (χ1) is 8.72. The fourth-order valence-electron chi connectivity index (χ4n) is 1.92. The molecule has 0 saturated carbocycles. The van der Waals surface area contributed by atoms with Crippen molar-refractivity contribution in [3.05, 3.63) is 65.7 Å². The molecule has 0 amide bonds. The van der Waals surface area contributed by atoms with E-state index in [2.05, 4.69) is 5.32 Å². The summed E-state index contributed by atoms with van der Waals surface area (Å²) in [5, 5.41) is 3.04. The Hall–Kier alpha value is -1.90. The van der Waals surface area contributed by atoms with Crippen LogP contribution in [0.2, 0.25) is 0 Å². The minimum atomic E-state index is -0.327. The number of nitrogens with one attached hydrogen (secondary N) is 1. The van der Waals surface area contributed by atoms with Gasteiger partial charge < -0.3 is 5.32 Å². The molecule has 1 nitrogen and oxygen atoms in total. The van der Waals surface area contributed by atoms with E-state index in [9.17, 15) is 8.78 Å². The van der Waals surface area contributed by atoms with Crippen LogP contribution in [0, 0.1) is 11.6 Å². The summed E-state index contributed by atoms with van der Waals surface area (Å²) in [5.74, 6) is -0.597. The van der Waals surface area contributed by atoms with Gasteiger partial charge in [-0.1, -0.05) is 37.3 Å². The molecule has 0 aliphatic carbocycles. The van der Waals surface area contributed by atoms with Crippen LogP contribution >= 0.6 is 0 Å². The predicted octanol–water partition coefficient (Wildman–Crippen LogP) is 4.53. The van der Waals surface area contributed by atoms with Crippen LogP contribution in [0.25, 0.3) is 0 Å². The second kappa shape index (κ2) is 5.63. The summed E-state index contributed by atoms with van der Waals surface area (Å²) in [5.41, 5.74) is 0.954. The Morgan fingerprint density at radius 1 is 0.944 bits per heavy atom. The highest BCUT2D eigenvalue weighted by Crippen LogP contribution is 2.25. The van der Waals surface area contributed by atoms with Crippen LogP contribution in [0.15, 0.2) is 48.5 Å². The summed E-state index contributed by atoms with van der Waals surface area (Å²) in [7, 11) is 0. The third-order valence-electron chi connectivity index (χ3n) is 2.89. The van der Waals surface area contributed by atoms with E-state index < -0.39 is 0 Å². The number of anilines is 1. The van der Waals surface area contributed by atoms with Crippen LogP contribution in [-0.2, 0) is 0 Å². The molecule has 18 heavy (non-hydrogen) atoms. The molecule has 0 bridgehead atoms. The van der Waals surface area contributed by atoms with Crippen LogP contribution in [0.4, 0.5) is 14.5 Å². The zero-order chi connectivity index (χ0) is 13.0. The molecule has 1 N–H and O–H groups in total. The topological polar surface area (TPSA) is 12.0 Å². The second-order valence-corrected chi connectivity index (χ2v) is 4.11. The van der Waals surface area contributed by atoms with E-state index in [1.165, 1.54) is 12.1 Å². The maximum Gasteiger partial charge on any atom is 0.146 e. The van der Waals surface area contributed by atoms with Gasteiger partial charge in [-0.3, -0.25) is 0 Å². The Balaban J connectivity index is 2.26. The van der Waals surface area contributed by atoms with E-state index in [1.54, 1.807) is 36.4 Å². The average molecular weight is 247 g/mol. The third kappa shape index (κ3) is 2.67. The Morgan fingerprint density at radius 2 is 1.56 bits per heavy atom. The number of rotatable bonds is 4. The molecular weight excluding hydrogens is 232 g/mol. The molecule has 0 saturated heterocycles. The fraction of sp³-hybridized carbons (Fsp3) is 0.200. The first kappa shape index (κ1) is 12.6. The molecule has 0 aliphatic heterocycles. The van der Waals surface area contributed by atoms with Gasteiger partial charge in [0.05, 0.1) is 11.7 Å². The molecule has 0 aromatic heterocycles. The van der Waals surface area contributed by atoms with Crippen molar-refractivity contribution >= 4 is 5.69 Å². The SMILES string of the molecule is CCC(Nc1ccccc1F)c1ccccc1F. The molecule has 2 aromatic carbocycles. The Labute approximate surface area is 105 Å². The largest absolute Gasteiger partial charge is 0.376 e. The van der Waals surface area contributed by atoms with Gasteiger partial charge >= 0.3 is 0 Å². The van der Waals surface area contributed by atoms with Crippen molar-refractivity contribution in [2.45, 2.75) is 19.4 Å². The third-order valence-corrected chi connectivity index (χ3v) is 2.89. The minimum absolute atomic E-state index is 0.233. The summed E-state index contributed by atoms with van der Waals surface area (Å²) in [6, 6.07) is 12.7. The molecule has 3 heteroatoms. The van der Waals surface area contributed by atoms with Crippen LogP contribution < -0.4 is 5.32 Å². The molecule has 0 heterocycles. The lowest BCUT2D eigenvalue weighted by Gasteiger charge is -2.19. The van der Waals surface area contributed by atoms with E-state index in [4.69, 9.17) is 0 Å². The normalized spacial score (nSPS) is 12.2. The molecule has 0 aliphatic rings. The van der Waals surface area contributed by atoms with Crippen LogP contribution in [0.1, 0.15) is 24.9 Å². The van der Waals surface area contributed by atoms with Crippen molar-refractivity contribution in [1.82, 2.24) is 0 Å². The number of halogens is 2. The van der Waals surface area contributed by atoms with Gasteiger partial charge in [0.2, 0.25) is 0 Å². The van der Waals surface area contributed by atoms with Gasteiger partial charge in [-0.2, -0.15) is 0 Å². The van der Waals surface area contributed by atoms with Crippen molar-refractivity contribution in [1.29, 1.82) is 0 Å². The monoisotopic (exact) mass is 247 g/mol. The van der Waals surface area contributed by atoms with Gasteiger partial charge in [-0.15, -0.1) is 0 Å². The second-order valence-electron chi connectivity index (χ2n) is 4.11. The smallest absolute Gasteiger partial charge is 0.146 e. The number of hydrogen-bond acceptors (Lipinski definition) is 1. The lowest BCUT2D eigenvalue weighted by molar-refractivity contribution is 0.582. The van der Waals surface area contributed by atoms with Gasteiger partial charge in [-0.25, -0.2) is 8.78 Å². The first-order valence-electron chi connectivity index (χ1n) is 5.98. The van der Waals surface area contributed by atoms with E-state index in [0.717, 1.165) is 0 Å². The highest BCUT2D eigenvalue weighted by Gasteiger charge is 2.14. The maximum atomic E-state index is 13.7.